The summed E-state index contributed by atoms with van der Waals surface area (Å²) in [5.74, 6) is 0. The zero-order chi connectivity index (χ0) is 12.4. The predicted molar refractivity (Wildman–Crippen MR) is 67.5 cm³/mol. The number of nitro groups is 1. The molecule has 17 heavy (non-hydrogen) atoms. The van der Waals surface area contributed by atoms with Crippen molar-refractivity contribution < 1.29 is 4.92 Å². The molecule has 0 aromatic heterocycles. The Morgan fingerprint density at radius 1 is 1.53 bits per heavy atom. The zero-order valence-corrected chi connectivity index (χ0v) is 10.1. The van der Waals surface area contributed by atoms with Gasteiger partial charge in [-0.25, -0.2) is 0 Å². The third kappa shape index (κ3) is 2.39. The smallest absolute Gasteiger partial charge is 0.292 e. The molecule has 0 radical (unpaired) electrons. The van der Waals surface area contributed by atoms with Crippen LogP contribution in [0.15, 0.2) is 18.2 Å². The van der Waals surface area contributed by atoms with Gasteiger partial charge in [-0.3, -0.25) is 10.1 Å². The van der Waals surface area contributed by atoms with Crippen molar-refractivity contribution in [2.24, 2.45) is 0 Å². The number of nitrogens with zero attached hydrogens (tertiary/aromatic N) is 2. The van der Waals surface area contributed by atoms with Crippen molar-refractivity contribution >= 4 is 11.4 Å². The third-order valence-electron chi connectivity index (χ3n) is 3.26. The molecule has 1 fully saturated rings. The number of nitrogens with one attached hydrogen (secondary N) is 1. The highest BCUT2D eigenvalue weighted by Crippen LogP contribution is 2.31. The summed E-state index contributed by atoms with van der Waals surface area (Å²) in [6.45, 7) is 3.58. The van der Waals surface area contributed by atoms with Crippen LogP contribution >= 0.6 is 0 Å². The van der Waals surface area contributed by atoms with Crippen molar-refractivity contribution in [3.8, 4) is 0 Å². The number of hydrogen-bond acceptors (Lipinski definition) is 4. The molecule has 0 bridgehead atoms. The van der Waals surface area contributed by atoms with E-state index in [1.54, 1.807) is 6.07 Å². The van der Waals surface area contributed by atoms with Gasteiger partial charge >= 0.3 is 0 Å². The number of aryl methyl sites for hydroxylation is 1. The fourth-order valence-corrected chi connectivity index (χ4v) is 2.26. The van der Waals surface area contributed by atoms with E-state index in [1.807, 2.05) is 26.1 Å². The van der Waals surface area contributed by atoms with Crippen LogP contribution in [0.25, 0.3) is 0 Å². The minimum atomic E-state index is -0.297. The molecule has 1 aliphatic rings. The predicted octanol–water partition coefficient (Wildman–Crippen LogP) is 1.70. The summed E-state index contributed by atoms with van der Waals surface area (Å²) in [7, 11) is 1.93. The maximum atomic E-state index is 11.0. The lowest BCUT2D eigenvalue weighted by Crippen LogP contribution is -2.29. The van der Waals surface area contributed by atoms with Crippen molar-refractivity contribution in [1.29, 1.82) is 0 Å². The van der Waals surface area contributed by atoms with Crippen LogP contribution in [0, 0.1) is 17.0 Å². The van der Waals surface area contributed by atoms with Crippen LogP contribution < -0.4 is 10.2 Å². The number of hydrogen-bond donors (Lipinski definition) is 1. The molecule has 1 unspecified atom stereocenters. The van der Waals surface area contributed by atoms with Gasteiger partial charge in [0, 0.05) is 25.2 Å². The van der Waals surface area contributed by atoms with Gasteiger partial charge in [0.05, 0.1) is 4.92 Å². The Balaban J connectivity index is 2.29. The number of benzene rings is 1. The SMILES string of the molecule is CNC1CCN(c2ccc(C)cc2[N+](=O)[O-])C1. The lowest BCUT2D eigenvalue weighted by Gasteiger charge is -2.18. The van der Waals surface area contributed by atoms with Crippen molar-refractivity contribution in [1.82, 2.24) is 5.32 Å². The molecule has 1 aromatic rings. The third-order valence-corrected chi connectivity index (χ3v) is 3.26. The second kappa shape index (κ2) is 4.71. The van der Waals surface area contributed by atoms with E-state index in [0.29, 0.717) is 6.04 Å². The number of nitro benzene ring substituents is 1. The van der Waals surface area contributed by atoms with E-state index in [0.717, 1.165) is 30.8 Å². The fourth-order valence-electron chi connectivity index (χ4n) is 2.26. The monoisotopic (exact) mass is 235 g/mol. The molecular formula is C12H17N3O2. The van der Waals surface area contributed by atoms with Gasteiger partial charge in [0.15, 0.2) is 0 Å². The van der Waals surface area contributed by atoms with E-state index in [1.165, 1.54) is 0 Å². The number of anilines is 1. The molecule has 0 aliphatic carbocycles. The molecule has 5 heteroatoms. The molecule has 5 nitrogen and oxygen atoms in total. The van der Waals surface area contributed by atoms with Crippen LogP contribution in [0.2, 0.25) is 0 Å². The van der Waals surface area contributed by atoms with Crippen LogP contribution in [-0.2, 0) is 0 Å². The van der Waals surface area contributed by atoms with E-state index in [-0.39, 0.29) is 10.6 Å². The van der Waals surface area contributed by atoms with Crippen LogP contribution in [0.3, 0.4) is 0 Å². The largest absolute Gasteiger partial charge is 0.364 e. The standard InChI is InChI=1S/C12H17N3O2/c1-9-3-4-11(12(7-9)15(16)17)14-6-5-10(8-14)13-2/h3-4,7,10,13H,5-6,8H2,1-2H3. The molecule has 92 valence electrons. The Bertz CT molecular complexity index is 434. The van der Waals surface area contributed by atoms with Crippen molar-refractivity contribution in [3.63, 3.8) is 0 Å². The van der Waals surface area contributed by atoms with Crippen LogP contribution in [0.5, 0.6) is 0 Å². The molecule has 0 saturated carbocycles. The Hall–Kier alpha value is -1.62. The summed E-state index contributed by atoms with van der Waals surface area (Å²) in [6, 6.07) is 5.85. The van der Waals surface area contributed by atoms with Crippen LogP contribution in [0.4, 0.5) is 11.4 Å². The normalized spacial score (nSPS) is 19.6. The highest BCUT2D eigenvalue weighted by atomic mass is 16.6. The average Bonchev–Trinajstić information content (AvgIpc) is 2.77. The molecular weight excluding hydrogens is 218 g/mol. The van der Waals surface area contributed by atoms with Gasteiger partial charge in [0.1, 0.15) is 5.69 Å². The molecule has 1 aromatic carbocycles. The fraction of sp³-hybridized carbons (Fsp3) is 0.500. The Kier molecular flexibility index (Phi) is 3.28. The molecule has 1 heterocycles. The summed E-state index contributed by atoms with van der Waals surface area (Å²) in [6.07, 6.45) is 1.03. The maximum absolute atomic E-state index is 11.0. The minimum Gasteiger partial charge on any atom is -0.364 e. The number of rotatable bonds is 3. The van der Waals surface area contributed by atoms with E-state index >= 15 is 0 Å². The van der Waals surface area contributed by atoms with Gasteiger partial charge in [0.2, 0.25) is 0 Å². The molecule has 1 saturated heterocycles. The highest BCUT2D eigenvalue weighted by molar-refractivity contribution is 5.64. The molecule has 0 amide bonds. The lowest BCUT2D eigenvalue weighted by molar-refractivity contribution is -0.384. The Morgan fingerprint density at radius 2 is 2.29 bits per heavy atom. The summed E-state index contributed by atoms with van der Waals surface area (Å²) in [4.78, 5) is 12.8. The van der Waals surface area contributed by atoms with Crippen LogP contribution in [0.1, 0.15) is 12.0 Å². The van der Waals surface area contributed by atoms with Gasteiger partial charge < -0.3 is 10.2 Å². The zero-order valence-electron chi connectivity index (χ0n) is 10.1. The molecule has 1 N–H and O–H groups in total. The molecule has 2 rings (SSSR count). The van der Waals surface area contributed by atoms with Crippen LogP contribution in [-0.4, -0.2) is 31.1 Å². The molecule has 1 aliphatic heterocycles. The first-order valence-corrected chi connectivity index (χ1v) is 5.79. The molecule has 0 spiro atoms. The van der Waals surface area contributed by atoms with E-state index in [4.69, 9.17) is 0 Å². The second-order valence-corrected chi connectivity index (χ2v) is 4.47. The average molecular weight is 235 g/mol. The minimum absolute atomic E-state index is 0.210. The van der Waals surface area contributed by atoms with E-state index in [2.05, 4.69) is 10.2 Å². The summed E-state index contributed by atoms with van der Waals surface area (Å²) < 4.78 is 0. The maximum Gasteiger partial charge on any atom is 0.292 e. The lowest BCUT2D eigenvalue weighted by atomic mass is 10.2. The summed E-state index contributed by atoms with van der Waals surface area (Å²) in [5, 5.41) is 14.3. The van der Waals surface area contributed by atoms with Gasteiger partial charge in [-0.15, -0.1) is 0 Å². The van der Waals surface area contributed by atoms with Gasteiger partial charge in [-0.2, -0.15) is 0 Å². The summed E-state index contributed by atoms with van der Waals surface area (Å²) in [5.41, 5.74) is 1.87. The Morgan fingerprint density at radius 3 is 2.88 bits per heavy atom. The highest BCUT2D eigenvalue weighted by Gasteiger charge is 2.26. The van der Waals surface area contributed by atoms with Crippen molar-refractivity contribution in [2.45, 2.75) is 19.4 Å². The first-order chi connectivity index (χ1) is 8.11. The second-order valence-electron chi connectivity index (χ2n) is 4.47. The first kappa shape index (κ1) is 11.9. The number of likely N-dealkylation sites (N-methyl/N-ethyl adjacent to an activating group) is 1. The van der Waals surface area contributed by atoms with Crippen molar-refractivity contribution in [3.05, 3.63) is 33.9 Å². The quantitative estimate of drug-likeness (QED) is 0.640. The van der Waals surface area contributed by atoms with Gasteiger partial charge in [0.25, 0.3) is 5.69 Å². The topological polar surface area (TPSA) is 58.4 Å². The van der Waals surface area contributed by atoms with Gasteiger partial charge in [-0.1, -0.05) is 6.07 Å². The van der Waals surface area contributed by atoms with E-state index in [9.17, 15) is 10.1 Å². The molecule has 1 atom stereocenters. The summed E-state index contributed by atoms with van der Waals surface area (Å²) >= 11 is 0. The van der Waals surface area contributed by atoms with E-state index < -0.39 is 0 Å². The Labute approximate surface area is 101 Å². The van der Waals surface area contributed by atoms with Crippen molar-refractivity contribution in [2.75, 3.05) is 25.0 Å². The van der Waals surface area contributed by atoms with Gasteiger partial charge in [-0.05, 0) is 32.0 Å². The first-order valence-electron chi connectivity index (χ1n) is 5.79.